The first-order chi connectivity index (χ1) is 12.5. The summed E-state index contributed by atoms with van der Waals surface area (Å²) in [6, 6.07) is 13.3. The Morgan fingerprint density at radius 3 is 2.77 bits per heavy atom. The normalized spacial score (nSPS) is 14.8. The van der Waals surface area contributed by atoms with E-state index in [9.17, 15) is 14.0 Å². The molecule has 0 aromatic heterocycles. The molecule has 0 aliphatic carbocycles. The van der Waals surface area contributed by atoms with E-state index in [1.807, 2.05) is 31.2 Å². The Hall–Kier alpha value is -2.89. The first-order valence-corrected chi connectivity index (χ1v) is 8.67. The Morgan fingerprint density at radius 1 is 1.27 bits per heavy atom. The number of carbonyl (C=O) groups is 2. The van der Waals surface area contributed by atoms with E-state index in [0.717, 1.165) is 11.1 Å². The molecule has 1 heterocycles. The van der Waals surface area contributed by atoms with E-state index in [0.29, 0.717) is 31.6 Å². The van der Waals surface area contributed by atoms with Gasteiger partial charge >= 0.3 is 6.03 Å². The van der Waals surface area contributed by atoms with Crippen molar-refractivity contribution in [3.05, 3.63) is 71.0 Å². The zero-order chi connectivity index (χ0) is 18.5. The number of rotatable bonds is 6. The molecule has 0 radical (unpaired) electrons. The number of aryl methyl sites for hydroxylation is 1. The molecule has 2 N–H and O–H groups in total. The summed E-state index contributed by atoms with van der Waals surface area (Å²) < 4.78 is 13.5. The van der Waals surface area contributed by atoms with Gasteiger partial charge in [-0.3, -0.25) is 4.79 Å². The molecule has 1 aliphatic heterocycles. The third-order valence-corrected chi connectivity index (χ3v) is 4.58. The quantitative estimate of drug-likeness (QED) is 0.836. The highest BCUT2D eigenvalue weighted by atomic mass is 19.1. The molecule has 5 nitrogen and oxygen atoms in total. The number of hydrogen-bond donors (Lipinski definition) is 2. The number of benzene rings is 2. The highest BCUT2D eigenvalue weighted by molar-refractivity contribution is 5.95. The second-order valence-corrected chi connectivity index (χ2v) is 6.44. The number of nitrogens with one attached hydrogen (secondary N) is 2. The molecule has 0 saturated carbocycles. The van der Waals surface area contributed by atoms with Crippen LogP contribution < -0.4 is 10.6 Å². The summed E-state index contributed by atoms with van der Waals surface area (Å²) in [6.45, 7) is 3.33. The van der Waals surface area contributed by atoms with Crippen LogP contribution in [0.5, 0.6) is 0 Å². The second kappa shape index (κ2) is 7.99. The molecule has 3 amide bonds. The lowest BCUT2D eigenvalue weighted by molar-refractivity contribution is 0.0939. The topological polar surface area (TPSA) is 61.4 Å². The van der Waals surface area contributed by atoms with Gasteiger partial charge in [0, 0.05) is 25.2 Å². The summed E-state index contributed by atoms with van der Waals surface area (Å²) in [5.74, 6) is -0.483. The monoisotopic (exact) mass is 355 g/mol. The van der Waals surface area contributed by atoms with Crippen molar-refractivity contribution in [1.82, 2.24) is 15.5 Å². The van der Waals surface area contributed by atoms with Crippen LogP contribution in [-0.4, -0.2) is 42.5 Å². The molecular formula is C20H22FN3O2. The van der Waals surface area contributed by atoms with Gasteiger partial charge in [-0.2, -0.15) is 0 Å². The maximum atomic E-state index is 13.5. The maximum Gasteiger partial charge on any atom is 0.317 e. The summed E-state index contributed by atoms with van der Waals surface area (Å²) in [6.07, 6.45) is 0.471. The average Bonchev–Trinajstić information content (AvgIpc) is 3.04. The van der Waals surface area contributed by atoms with Crippen LogP contribution in [-0.2, 0) is 6.42 Å². The van der Waals surface area contributed by atoms with E-state index in [2.05, 4.69) is 10.6 Å². The molecule has 1 saturated heterocycles. The molecule has 6 heteroatoms. The Bertz CT molecular complexity index is 809. The lowest BCUT2D eigenvalue weighted by atomic mass is 10.0. The maximum absolute atomic E-state index is 13.5. The lowest BCUT2D eigenvalue weighted by Gasteiger charge is -2.27. The van der Waals surface area contributed by atoms with Crippen LogP contribution in [0.15, 0.2) is 48.5 Å². The minimum absolute atomic E-state index is 0.156. The van der Waals surface area contributed by atoms with Crippen LogP contribution in [0.1, 0.15) is 21.5 Å². The van der Waals surface area contributed by atoms with Gasteiger partial charge in [-0.15, -0.1) is 0 Å². The Morgan fingerprint density at radius 2 is 2.08 bits per heavy atom. The first kappa shape index (κ1) is 17.9. The molecule has 26 heavy (non-hydrogen) atoms. The van der Waals surface area contributed by atoms with Crippen molar-refractivity contribution in [1.29, 1.82) is 0 Å². The second-order valence-electron chi connectivity index (χ2n) is 6.44. The summed E-state index contributed by atoms with van der Waals surface area (Å²) in [7, 11) is 0. The van der Waals surface area contributed by atoms with Crippen molar-refractivity contribution in [2.75, 3.05) is 19.6 Å². The first-order valence-electron chi connectivity index (χ1n) is 8.67. The molecule has 3 rings (SSSR count). The van der Waals surface area contributed by atoms with Gasteiger partial charge in [0.1, 0.15) is 5.82 Å². The number of amides is 3. The van der Waals surface area contributed by atoms with Gasteiger partial charge in [0.2, 0.25) is 0 Å². The third kappa shape index (κ3) is 4.20. The zero-order valence-corrected chi connectivity index (χ0v) is 14.7. The standard InChI is InChI=1S/C20H22FN3O2/c1-14-5-2-3-8-18(14)19(25)23-13-17(24-10-9-22-20(24)26)12-15-6-4-7-16(21)11-15/h2-8,11,17H,9-10,12-13H2,1H3,(H,22,26)(H,23,25)/t17-/m0/s1. The van der Waals surface area contributed by atoms with Crippen LogP contribution in [0.2, 0.25) is 0 Å². The van der Waals surface area contributed by atoms with Gasteiger partial charge in [-0.25, -0.2) is 9.18 Å². The van der Waals surface area contributed by atoms with E-state index < -0.39 is 0 Å². The van der Waals surface area contributed by atoms with Crippen molar-refractivity contribution in [2.45, 2.75) is 19.4 Å². The van der Waals surface area contributed by atoms with E-state index >= 15 is 0 Å². The molecule has 0 unspecified atom stereocenters. The predicted molar refractivity (Wildman–Crippen MR) is 97.5 cm³/mol. The van der Waals surface area contributed by atoms with Crippen LogP contribution in [0.25, 0.3) is 0 Å². The average molecular weight is 355 g/mol. The zero-order valence-electron chi connectivity index (χ0n) is 14.7. The van der Waals surface area contributed by atoms with Gasteiger partial charge < -0.3 is 15.5 Å². The smallest absolute Gasteiger partial charge is 0.317 e. The summed E-state index contributed by atoms with van der Waals surface area (Å²) >= 11 is 0. The Balaban J connectivity index is 1.72. The predicted octanol–water partition coefficient (Wildman–Crippen LogP) is 2.50. The van der Waals surface area contributed by atoms with Gasteiger partial charge in [0.05, 0.1) is 6.04 Å². The van der Waals surface area contributed by atoms with E-state index in [1.165, 1.54) is 12.1 Å². The molecule has 2 aromatic carbocycles. The fraction of sp³-hybridized carbons (Fsp3) is 0.300. The number of nitrogens with zero attached hydrogens (tertiary/aromatic N) is 1. The van der Waals surface area contributed by atoms with Gasteiger partial charge in [0.25, 0.3) is 5.91 Å². The van der Waals surface area contributed by atoms with Crippen molar-refractivity contribution >= 4 is 11.9 Å². The highest BCUT2D eigenvalue weighted by Gasteiger charge is 2.28. The number of hydrogen-bond acceptors (Lipinski definition) is 2. The minimum Gasteiger partial charge on any atom is -0.350 e. The largest absolute Gasteiger partial charge is 0.350 e. The van der Waals surface area contributed by atoms with Crippen molar-refractivity contribution in [2.24, 2.45) is 0 Å². The van der Waals surface area contributed by atoms with E-state index in [-0.39, 0.29) is 23.8 Å². The fourth-order valence-corrected chi connectivity index (χ4v) is 3.20. The third-order valence-electron chi connectivity index (χ3n) is 4.58. The highest BCUT2D eigenvalue weighted by Crippen LogP contribution is 2.13. The van der Waals surface area contributed by atoms with Crippen LogP contribution >= 0.6 is 0 Å². The SMILES string of the molecule is Cc1ccccc1C(=O)NC[C@H](Cc1cccc(F)c1)N1CCNC1=O. The number of halogens is 1. The van der Waals surface area contributed by atoms with Crippen molar-refractivity contribution in [3.8, 4) is 0 Å². The molecule has 0 spiro atoms. The summed E-state index contributed by atoms with van der Waals surface area (Å²) in [5, 5.41) is 5.69. The lowest BCUT2D eigenvalue weighted by Crippen LogP contribution is -2.46. The van der Waals surface area contributed by atoms with Crippen LogP contribution in [0.4, 0.5) is 9.18 Å². The van der Waals surface area contributed by atoms with Gasteiger partial charge in [0.15, 0.2) is 0 Å². The minimum atomic E-state index is -0.309. The Labute approximate surface area is 152 Å². The fourth-order valence-electron chi connectivity index (χ4n) is 3.20. The van der Waals surface area contributed by atoms with Gasteiger partial charge in [-0.05, 0) is 42.7 Å². The number of carbonyl (C=O) groups excluding carboxylic acids is 2. The van der Waals surface area contributed by atoms with Crippen molar-refractivity contribution < 1.29 is 14.0 Å². The Kier molecular flexibility index (Phi) is 5.51. The molecule has 1 atom stereocenters. The summed E-state index contributed by atoms with van der Waals surface area (Å²) in [5.41, 5.74) is 2.30. The van der Waals surface area contributed by atoms with Crippen LogP contribution in [0, 0.1) is 12.7 Å². The van der Waals surface area contributed by atoms with E-state index in [4.69, 9.17) is 0 Å². The molecule has 136 valence electrons. The summed E-state index contributed by atoms with van der Waals surface area (Å²) in [4.78, 5) is 26.2. The molecular weight excluding hydrogens is 333 g/mol. The van der Waals surface area contributed by atoms with Gasteiger partial charge in [-0.1, -0.05) is 30.3 Å². The van der Waals surface area contributed by atoms with Crippen molar-refractivity contribution in [3.63, 3.8) is 0 Å². The molecule has 1 aliphatic rings. The molecule has 1 fully saturated rings. The van der Waals surface area contributed by atoms with Crippen LogP contribution in [0.3, 0.4) is 0 Å². The molecule has 2 aromatic rings. The number of urea groups is 1. The van der Waals surface area contributed by atoms with E-state index in [1.54, 1.807) is 17.0 Å². The molecule has 0 bridgehead atoms.